The van der Waals surface area contributed by atoms with Gasteiger partial charge in [-0.3, -0.25) is 14.5 Å². The number of esters is 1. The fourth-order valence-corrected chi connectivity index (χ4v) is 7.35. The van der Waals surface area contributed by atoms with E-state index in [0.717, 1.165) is 37.3 Å². The summed E-state index contributed by atoms with van der Waals surface area (Å²) in [7, 11) is 3.68. The number of anilines is 2. The van der Waals surface area contributed by atoms with Gasteiger partial charge in [0.2, 0.25) is 0 Å². The third kappa shape index (κ3) is 5.85. The maximum atomic E-state index is 15.5. The van der Waals surface area contributed by atoms with E-state index in [-0.39, 0.29) is 24.6 Å². The predicted octanol–water partition coefficient (Wildman–Crippen LogP) is 5.31. The summed E-state index contributed by atoms with van der Waals surface area (Å²) < 4.78 is 27.9. The fraction of sp³-hybridized carbons (Fsp3) is 0.417. The summed E-state index contributed by atoms with van der Waals surface area (Å²) in [5.74, 6) is -0.477. The molecule has 4 aromatic heterocycles. The van der Waals surface area contributed by atoms with Crippen molar-refractivity contribution in [3.8, 4) is 11.1 Å². The number of carbonyl (C=O) groups is 2. The van der Waals surface area contributed by atoms with Crippen molar-refractivity contribution >= 4 is 56.4 Å². The Bertz CT molecular complexity index is 2190. The van der Waals surface area contributed by atoms with Gasteiger partial charge in [-0.1, -0.05) is 0 Å². The minimum atomic E-state index is -0.738. The van der Waals surface area contributed by atoms with E-state index in [9.17, 15) is 14.4 Å². The number of nitrogens with one attached hydrogen (secondary N) is 1. The van der Waals surface area contributed by atoms with Crippen LogP contribution < -0.4 is 15.2 Å². The Morgan fingerprint density at radius 1 is 1.12 bits per heavy atom. The molecule has 13 heteroatoms. The highest BCUT2D eigenvalue weighted by atomic mass is 19.1. The number of H-pyrrole nitrogens is 1. The Balaban J connectivity index is 1.45. The number of benzene rings is 1. The van der Waals surface area contributed by atoms with Crippen molar-refractivity contribution in [2.75, 3.05) is 50.1 Å². The highest BCUT2D eigenvalue weighted by molar-refractivity contribution is 6.19. The first-order valence-electron chi connectivity index (χ1n) is 16.5. The molecule has 12 nitrogen and oxygen atoms in total. The third-order valence-electron chi connectivity index (χ3n) is 9.42. The molecule has 5 aromatic rings. The monoisotopic (exact) mass is 669 g/mol. The molecule has 2 atom stereocenters. The molecule has 0 bridgehead atoms. The Morgan fingerprint density at radius 3 is 2.67 bits per heavy atom. The van der Waals surface area contributed by atoms with Gasteiger partial charge in [0, 0.05) is 73.9 Å². The van der Waals surface area contributed by atoms with Gasteiger partial charge in [0.25, 0.3) is 0 Å². The average molecular weight is 670 g/mol. The number of nitrogens with zero attached hydrogens (tertiary/aromatic N) is 6. The Morgan fingerprint density at radius 2 is 1.92 bits per heavy atom. The van der Waals surface area contributed by atoms with Crippen molar-refractivity contribution in [3.63, 3.8) is 0 Å². The summed E-state index contributed by atoms with van der Waals surface area (Å²) in [5.41, 5.74) is 3.07. The van der Waals surface area contributed by atoms with E-state index in [1.165, 1.54) is 23.1 Å². The second-order valence-electron chi connectivity index (χ2n) is 14.0. The zero-order valence-corrected chi connectivity index (χ0v) is 28.5. The molecule has 49 heavy (non-hydrogen) atoms. The molecule has 6 heterocycles. The average Bonchev–Trinajstić information content (AvgIpc) is 3.72. The van der Waals surface area contributed by atoms with Crippen LogP contribution in [0.25, 0.3) is 44.1 Å². The Labute approximate surface area is 282 Å². The Kier molecular flexibility index (Phi) is 8.05. The maximum absolute atomic E-state index is 15.5. The van der Waals surface area contributed by atoms with E-state index in [1.54, 1.807) is 64.0 Å². The number of ether oxygens (including phenoxy) is 2. The maximum Gasteiger partial charge on any atom is 0.414 e. The summed E-state index contributed by atoms with van der Waals surface area (Å²) in [6.45, 7) is 9.88. The molecule has 256 valence electrons. The fourth-order valence-electron chi connectivity index (χ4n) is 7.35. The normalized spacial score (nSPS) is 18.1. The number of pyridine rings is 3. The van der Waals surface area contributed by atoms with Crippen LogP contribution in [0.5, 0.6) is 0 Å². The summed E-state index contributed by atoms with van der Waals surface area (Å²) in [6.07, 6.45) is 5.37. The number of hydrogen-bond donors (Lipinski definition) is 1. The van der Waals surface area contributed by atoms with Crippen LogP contribution in [0.4, 0.5) is 20.6 Å². The van der Waals surface area contributed by atoms with Crippen LogP contribution in [-0.2, 0) is 20.8 Å². The summed E-state index contributed by atoms with van der Waals surface area (Å²) in [6, 6.07) is 6.20. The van der Waals surface area contributed by atoms with E-state index < -0.39 is 23.5 Å². The predicted molar refractivity (Wildman–Crippen MR) is 187 cm³/mol. The zero-order valence-electron chi connectivity index (χ0n) is 28.5. The van der Waals surface area contributed by atoms with Crippen LogP contribution in [0.1, 0.15) is 34.1 Å². The van der Waals surface area contributed by atoms with Crippen LogP contribution in [0.15, 0.2) is 47.7 Å². The smallest absolute Gasteiger partial charge is 0.414 e. The lowest BCUT2D eigenvalue weighted by Crippen LogP contribution is -2.35. The number of likely N-dealkylation sites (tertiary alicyclic amines) is 1. The quantitative estimate of drug-likeness (QED) is 0.240. The number of aromatic nitrogens is 4. The highest BCUT2D eigenvalue weighted by Gasteiger charge is 2.42. The van der Waals surface area contributed by atoms with E-state index in [4.69, 9.17) is 14.5 Å². The summed E-state index contributed by atoms with van der Waals surface area (Å²) in [5, 5.41) is 1.64. The van der Waals surface area contributed by atoms with Crippen molar-refractivity contribution < 1.29 is 23.5 Å². The van der Waals surface area contributed by atoms with Gasteiger partial charge in [-0.2, -0.15) is 0 Å². The first kappa shape index (κ1) is 32.5. The number of rotatable bonds is 6. The minimum absolute atomic E-state index is 0.0823. The number of carbonyl (C=O) groups excluding carboxylic acids is 2. The third-order valence-corrected chi connectivity index (χ3v) is 9.42. The number of amides is 1. The van der Waals surface area contributed by atoms with Gasteiger partial charge >= 0.3 is 12.1 Å². The summed E-state index contributed by atoms with van der Waals surface area (Å²) >= 11 is 0. The molecule has 2 saturated heterocycles. The number of halogens is 1. The van der Waals surface area contributed by atoms with E-state index >= 15 is 4.39 Å². The van der Waals surface area contributed by atoms with Crippen molar-refractivity contribution in [1.82, 2.24) is 24.4 Å². The lowest BCUT2D eigenvalue weighted by atomic mass is 10.00. The first-order chi connectivity index (χ1) is 23.3. The van der Waals surface area contributed by atoms with Gasteiger partial charge in [-0.25, -0.2) is 19.2 Å². The molecule has 1 amide bonds. The summed E-state index contributed by atoms with van der Waals surface area (Å²) in [4.78, 5) is 57.5. The molecule has 0 aliphatic carbocycles. The van der Waals surface area contributed by atoms with Gasteiger partial charge in [0.1, 0.15) is 29.3 Å². The van der Waals surface area contributed by atoms with Gasteiger partial charge in [0.05, 0.1) is 34.3 Å². The molecule has 0 radical (unpaired) electrons. The zero-order chi connectivity index (χ0) is 34.8. The molecule has 1 aromatic carbocycles. The number of likely N-dealkylation sites (N-methyl/N-ethyl adjacent to an activating group) is 1. The van der Waals surface area contributed by atoms with E-state index in [2.05, 4.69) is 26.8 Å². The molecule has 7 rings (SSSR count). The molecule has 2 fully saturated rings. The van der Waals surface area contributed by atoms with Crippen LogP contribution in [0.3, 0.4) is 0 Å². The van der Waals surface area contributed by atoms with Crippen LogP contribution in [-0.4, -0.2) is 88.5 Å². The molecule has 0 spiro atoms. The van der Waals surface area contributed by atoms with Crippen molar-refractivity contribution in [3.05, 3.63) is 58.9 Å². The minimum Gasteiger partial charge on any atom is -0.465 e. The molecule has 2 aliphatic rings. The second kappa shape index (κ2) is 12.1. The van der Waals surface area contributed by atoms with Crippen molar-refractivity contribution in [2.45, 2.75) is 52.3 Å². The van der Waals surface area contributed by atoms with E-state index in [1.807, 2.05) is 0 Å². The van der Waals surface area contributed by atoms with Gasteiger partial charge < -0.3 is 28.8 Å². The SMILES string of the molecule is CCOC(=O)Cn1ccc(=O)c2cc(-c3cnc4[nH]c5c(N(C)C(=O)OC(C)(C)C)cc(F)cc5c4c3N3CC[C@H]4CN(C)C[C@H]43)cnc21. The molecule has 1 N–H and O–H groups in total. The lowest BCUT2D eigenvalue weighted by Gasteiger charge is -2.29. The molecule has 2 aliphatic heterocycles. The number of fused-ring (bicyclic) bond motifs is 5. The number of aromatic amines is 1. The number of hydrogen-bond acceptors (Lipinski definition) is 9. The highest BCUT2D eigenvalue weighted by Crippen LogP contribution is 2.46. The molecular weight excluding hydrogens is 629 g/mol. The van der Waals surface area contributed by atoms with Gasteiger partial charge in [0.15, 0.2) is 5.43 Å². The lowest BCUT2D eigenvalue weighted by molar-refractivity contribution is -0.143. The topological polar surface area (TPSA) is 126 Å². The van der Waals surface area contributed by atoms with Crippen LogP contribution in [0, 0.1) is 11.7 Å². The molecular formula is C36H40FN7O5. The van der Waals surface area contributed by atoms with Crippen LogP contribution in [0.2, 0.25) is 0 Å². The van der Waals surface area contributed by atoms with E-state index in [0.29, 0.717) is 50.1 Å². The largest absolute Gasteiger partial charge is 0.465 e. The Hall–Kier alpha value is -5.04. The van der Waals surface area contributed by atoms with Crippen LogP contribution >= 0.6 is 0 Å². The van der Waals surface area contributed by atoms with Crippen molar-refractivity contribution in [1.29, 1.82) is 0 Å². The first-order valence-corrected chi connectivity index (χ1v) is 16.5. The standard InChI is InChI=1S/C36H40FN7O5/c1-7-48-29(46)19-43-10-9-28(45)23-12-21(15-39-34(23)43)25-16-38-33-30(32(25)44-11-8-20-17-41(5)18-27(20)44)24-13-22(37)14-26(31(24)40-33)42(6)35(47)49-36(2,3)4/h9-10,12-16,20,27H,7-8,11,17-19H2,1-6H3,(H,38,40)/t20-,27+/m0/s1. The van der Waals surface area contributed by atoms with Crippen molar-refractivity contribution in [2.24, 2.45) is 5.92 Å². The van der Waals surface area contributed by atoms with Gasteiger partial charge in [-0.05, 0) is 65.3 Å². The molecule has 0 unspecified atom stereocenters. The molecule has 0 saturated carbocycles. The second-order valence-corrected chi connectivity index (χ2v) is 14.0. The van der Waals surface area contributed by atoms with Gasteiger partial charge in [-0.15, -0.1) is 0 Å².